The number of nitrogens with one attached hydrogen (secondary N) is 3. The van der Waals surface area contributed by atoms with Gasteiger partial charge >= 0.3 is 0 Å². The minimum Gasteiger partial charge on any atom is -0.373 e. The largest absolute Gasteiger partial charge is 0.373 e. The van der Waals surface area contributed by atoms with Crippen LogP contribution in [-0.4, -0.2) is 44.1 Å². The van der Waals surface area contributed by atoms with Crippen LogP contribution < -0.4 is 16.0 Å². The van der Waals surface area contributed by atoms with E-state index in [0.29, 0.717) is 31.5 Å². The summed E-state index contributed by atoms with van der Waals surface area (Å²) in [6.45, 7) is 7.08. The average Bonchev–Trinajstić information content (AvgIpc) is 2.79. The molecule has 3 N–H and O–H groups in total. The van der Waals surface area contributed by atoms with Gasteiger partial charge in [-0.25, -0.2) is 0 Å². The van der Waals surface area contributed by atoms with Crippen molar-refractivity contribution in [2.45, 2.75) is 77.4 Å². The molecule has 1 amide bonds. The number of hydrogen-bond acceptors (Lipinski definition) is 3. The smallest absolute Gasteiger partial charge is 0.221 e. The van der Waals surface area contributed by atoms with Crippen molar-refractivity contribution in [3.63, 3.8) is 0 Å². The van der Waals surface area contributed by atoms with Crippen molar-refractivity contribution in [2.24, 2.45) is 10.9 Å². The van der Waals surface area contributed by atoms with Crippen molar-refractivity contribution in [2.75, 3.05) is 26.2 Å². The van der Waals surface area contributed by atoms with Gasteiger partial charge in [-0.2, -0.15) is 0 Å². The molecule has 1 aliphatic carbocycles. The topological polar surface area (TPSA) is 74.8 Å². The number of hydrogen-bond donors (Lipinski definition) is 3. The van der Waals surface area contributed by atoms with E-state index >= 15 is 0 Å². The Balaban J connectivity index is 1.49. The minimum absolute atomic E-state index is 0.0993. The number of nitrogens with zero attached hydrogens (tertiary/aromatic N) is 1. The van der Waals surface area contributed by atoms with Gasteiger partial charge in [0.25, 0.3) is 0 Å². The molecule has 1 aromatic rings. The van der Waals surface area contributed by atoms with Crippen LogP contribution in [0.3, 0.4) is 0 Å². The van der Waals surface area contributed by atoms with Crippen LogP contribution in [0, 0.1) is 12.8 Å². The molecule has 2 aliphatic rings. The normalized spacial score (nSPS) is 22.7. The second-order valence-electron chi connectivity index (χ2n) is 8.90. The first-order valence-corrected chi connectivity index (χ1v) is 12.2. The van der Waals surface area contributed by atoms with Crippen LogP contribution in [0.4, 0.5) is 0 Å². The number of rotatable bonds is 8. The Morgan fingerprint density at radius 1 is 1.06 bits per heavy atom. The van der Waals surface area contributed by atoms with E-state index in [1.54, 1.807) is 0 Å². The summed E-state index contributed by atoms with van der Waals surface area (Å²) in [5.74, 6) is 1.28. The number of aliphatic imine (C=N–C) groups is 1. The highest BCUT2D eigenvalue weighted by molar-refractivity contribution is 5.81. The first-order valence-electron chi connectivity index (χ1n) is 12.2. The SMILES string of the molecule is CCNC(=NCC1CCCOC1c1ccc(C)cc1)NCCC(=O)NC1CCCCC1. The van der Waals surface area contributed by atoms with Crippen molar-refractivity contribution in [1.82, 2.24) is 16.0 Å². The molecule has 1 aliphatic heterocycles. The maximum atomic E-state index is 12.3. The second kappa shape index (κ2) is 12.7. The molecule has 2 atom stereocenters. The van der Waals surface area contributed by atoms with Gasteiger partial charge in [-0.3, -0.25) is 9.79 Å². The van der Waals surface area contributed by atoms with E-state index < -0.39 is 0 Å². The third-order valence-electron chi connectivity index (χ3n) is 6.29. The summed E-state index contributed by atoms with van der Waals surface area (Å²) in [6, 6.07) is 9.02. The van der Waals surface area contributed by atoms with Crippen LogP contribution in [0.25, 0.3) is 0 Å². The van der Waals surface area contributed by atoms with Gasteiger partial charge in [-0.15, -0.1) is 0 Å². The fourth-order valence-electron chi connectivity index (χ4n) is 4.55. The highest BCUT2D eigenvalue weighted by atomic mass is 16.5. The molecule has 0 radical (unpaired) electrons. The highest BCUT2D eigenvalue weighted by Gasteiger charge is 2.27. The zero-order valence-electron chi connectivity index (χ0n) is 19.3. The lowest BCUT2D eigenvalue weighted by molar-refractivity contribution is -0.121. The zero-order chi connectivity index (χ0) is 21.9. The van der Waals surface area contributed by atoms with Gasteiger partial charge < -0.3 is 20.7 Å². The molecular formula is C25H40N4O2. The summed E-state index contributed by atoms with van der Waals surface area (Å²) in [5.41, 5.74) is 2.50. The summed E-state index contributed by atoms with van der Waals surface area (Å²) in [6.07, 6.45) is 8.77. The number of carbonyl (C=O) groups is 1. The van der Waals surface area contributed by atoms with E-state index in [4.69, 9.17) is 9.73 Å². The monoisotopic (exact) mass is 428 g/mol. The van der Waals surface area contributed by atoms with Crippen LogP contribution in [0.1, 0.15) is 75.5 Å². The van der Waals surface area contributed by atoms with Gasteiger partial charge in [0.15, 0.2) is 5.96 Å². The molecular weight excluding hydrogens is 388 g/mol. The van der Waals surface area contributed by atoms with Crippen molar-refractivity contribution in [3.05, 3.63) is 35.4 Å². The molecule has 2 unspecified atom stereocenters. The summed E-state index contributed by atoms with van der Waals surface area (Å²) in [7, 11) is 0. The van der Waals surface area contributed by atoms with Crippen LogP contribution in [-0.2, 0) is 9.53 Å². The predicted octanol–water partition coefficient (Wildman–Crippen LogP) is 3.86. The van der Waals surface area contributed by atoms with Gasteiger partial charge in [0, 0.05) is 44.6 Å². The molecule has 6 nitrogen and oxygen atoms in total. The predicted molar refractivity (Wildman–Crippen MR) is 126 cm³/mol. The van der Waals surface area contributed by atoms with Gasteiger partial charge in [-0.05, 0) is 45.1 Å². The Labute approximate surface area is 187 Å². The first-order chi connectivity index (χ1) is 15.2. The Bertz CT molecular complexity index is 698. The van der Waals surface area contributed by atoms with Gasteiger partial charge in [0.05, 0.1) is 6.10 Å². The number of ether oxygens (including phenoxy) is 1. The lowest BCUT2D eigenvalue weighted by Gasteiger charge is -2.31. The average molecular weight is 429 g/mol. The molecule has 1 saturated heterocycles. The molecule has 1 aromatic carbocycles. The molecule has 172 valence electrons. The third-order valence-corrected chi connectivity index (χ3v) is 6.29. The molecule has 0 aromatic heterocycles. The van der Waals surface area contributed by atoms with E-state index in [-0.39, 0.29) is 12.0 Å². The molecule has 2 fully saturated rings. The molecule has 6 heteroatoms. The molecule has 3 rings (SSSR count). The lowest BCUT2D eigenvalue weighted by Crippen LogP contribution is -2.41. The molecule has 0 spiro atoms. The van der Waals surface area contributed by atoms with Gasteiger partial charge in [0.2, 0.25) is 5.91 Å². The number of carbonyl (C=O) groups excluding carboxylic acids is 1. The molecule has 1 saturated carbocycles. The zero-order valence-corrected chi connectivity index (χ0v) is 19.3. The summed E-state index contributed by atoms with van der Waals surface area (Å²) in [5, 5.41) is 9.81. The van der Waals surface area contributed by atoms with Gasteiger partial charge in [0.1, 0.15) is 0 Å². The van der Waals surface area contributed by atoms with Crippen molar-refractivity contribution >= 4 is 11.9 Å². The summed E-state index contributed by atoms with van der Waals surface area (Å²) in [4.78, 5) is 17.1. The van der Waals surface area contributed by atoms with E-state index in [1.807, 2.05) is 0 Å². The Kier molecular flexibility index (Phi) is 9.66. The van der Waals surface area contributed by atoms with E-state index in [2.05, 4.69) is 54.1 Å². The van der Waals surface area contributed by atoms with Gasteiger partial charge in [-0.1, -0.05) is 49.1 Å². The minimum atomic E-state index is 0.0993. The van der Waals surface area contributed by atoms with Crippen LogP contribution >= 0.6 is 0 Å². The second-order valence-corrected chi connectivity index (χ2v) is 8.90. The van der Waals surface area contributed by atoms with Crippen molar-refractivity contribution in [1.29, 1.82) is 0 Å². The molecule has 1 heterocycles. The standard InChI is InChI=1S/C25H40N4O2/c1-3-26-25(27-16-15-23(30)29-22-9-5-4-6-10-22)28-18-21-8-7-17-31-24(21)20-13-11-19(2)12-14-20/h11-14,21-22,24H,3-10,15-18H2,1-2H3,(H,29,30)(H2,26,27,28). The number of benzene rings is 1. The van der Waals surface area contributed by atoms with Crippen LogP contribution in [0.15, 0.2) is 29.3 Å². The fraction of sp³-hybridized carbons (Fsp3) is 0.680. The Morgan fingerprint density at radius 2 is 1.84 bits per heavy atom. The number of aryl methyl sites for hydroxylation is 1. The Hall–Kier alpha value is -2.08. The molecule has 31 heavy (non-hydrogen) atoms. The van der Waals surface area contributed by atoms with E-state index in [9.17, 15) is 4.79 Å². The third kappa shape index (κ3) is 7.84. The molecule has 0 bridgehead atoms. The summed E-state index contributed by atoms with van der Waals surface area (Å²) < 4.78 is 6.13. The fourth-order valence-corrected chi connectivity index (χ4v) is 4.55. The maximum Gasteiger partial charge on any atom is 0.221 e. The van der Waals surface area contributed by atoms with Crippen molar-refractivity contribution < 1.29 is 9.53 Å². The Morgan fingerprint density at radius 3 is 2.58 bits per heavy atom. The summed E-state index contributed by atoms with van der Waals surface area (Å²) >= 11 is 0. The van der Waals surface area contributed by atoms with E-state index in [1.165, 1.54) is 30.4 Å². The van der Waals surface area contributed by atoms with Crippen molar-refractivity contribution in [3.8, 4) is 0 Å². The highest BCUT2D eigenvalue weighted by Crippen LogP contribution is 2.34. The maximum absolute atomic E-state index is 12.3. The quantitative estimate of drug-likeness (QED) is 0.434. The van der Waals surface area contributed by atoms with Crippen LogP contribution in [0.2, 0.25) is 0 Å². The van der Waals surface area contributed by atoms with Crippen LogP contribution in [0.5, 0.6) is 0 Å². The van der Waals surface area contributed by atoms with E-state index in [0.717, 1.165) is 44.8 Å². The number of amides is 1. The lowest BCUT2D eigenvalue weighted by atomic mass is 9.89. The number of guanidine groups is 1. The first kappa shape index (κ1) is 23.6.